The zero-order chi connectivity index (χ0) is 15.8. The van der Waals surface area contributed by atoms with Crippen LogP contribution >= 0.6 is 0 Å². The Morgan fingerprint density at radius 2 is 1.40 bits per heavy atom. The van der Waals surface area contributed by atoms with Gasteiger partial charge in [-0.1, -0.05) is 66.2 Å². The molecule has 0 spiro atoms. The van der Waals surface area contributed by atoms with Crippen molar-refractivity contribution in [3.63, 3.8) is 0 Å². The van der Waals surface area contributed by atoms with Crippen LogP contribution in [0.2, 0.25) is 0 Å². The molecule has 0 saturated heterocycles. The summed E-state index contributed by atoms with van der Waals surface area (Å²) in [6.45, 7) is 14.5. The summed E-state index contributed by atoms with van der Waals surface area (Å²) in [6, 6.07) is 0. The van der Waals surface area contributed by atoms with Crippen LogP contribution in [0.5, 0.6) is 0 Å². The predicted molar refractivity (Wildman–Crippen MR) is 86.8 cm³/mol. The quantitative estimate of drug-likeness (QED) is 0.419. The van der Waals surface area contributed by atoms with Crippen LogP contribution < -0.4 is 0 Å². The van der Waals surface area contributed by atoms with Gasteiger partial charge in [0.25, 0.3) is 0 Å². The minimum atomic E-state index is -0.387. The van der Waals surface area contributed by atoms with Crippen molar-refractivity contribution in [2.24, 2.45) is 11.3 Å². The molecular formula is C18H36O2. The van der Waals surface area contributed by atoms with Gasteiger partial charge in [0.05, 0.1) is 5.92 Å². The molecule has 0 bridgehead atoms. The first-order chi connectivity index (χ1) is 9.08. The number of hydrogen-bond acceptors (Lipinski definition) is 2. The monoisotopic (exact) mass is 284 g/mol. The number of esters is 1. The number of carbonyl (C=O) groups excluding carboxylic acids is 1. The summed E-state index contributed by atoms with van der Waals surface area (Å²) in [5.41, 5.74) is -0.409. The summed E-state index contributed by atoms with van der Waals surface area (Å²) >= 11 is 0. The van der Waals surface area contributed by atoms with Gasteiger partial charge in [-0.25, -0.2) is 0 Å². The molecule has 120 valence electrons. The lowest BCUT2D eigenvalue weighted by Gasteiger charge is -2.32. The third-order valence-electron chi connectivity index (χ3n) is 3.58. The molecule has 0 saturated carbocycles. The summed E-state index contributed by atoms with van der Waals surface area (Å²) in [4.78, 5) is 12.3. The topological polar surface area (TPSA) is 26.3 Å². The normalized spacial score (nSPS) is 14.2. The molecule has 1 unspecified atom stereocenters. The molecule has 0 radical (unpaired) electrons. The molecule has 0 heterocycles. The van der Waals surface area contributed by atoms with E-state index in [0.29, 0.717) is 0 Å². The molecule has 0 rings (SSSR count). The van der Waals surface area contributed by atoms with Crippen LogP contribution in [0.4, 0.5) is 0 Å². The maximum atomic E-state index is 12.3. The standard InChI is InChI=1S/C18H36O2/c1-8-9-10-11-12-13-14-15(17(2,3)4)16(19)20-18(5,6)7/h15H,8-14H2,1-7H3. The SMILES string of the molecule is CCCCCCCCC(C(=O)OC(C)(C)C)C(C)(C)C. The fraction of sp³-hybridized carbons (Fsp3) is 0.944. The summed E-state index contributed by atoms with van der Waals surface area (Å²) in [5.74, 6) is -0.0218. The van der Waals surface area contributed by atoms with E-state index in [1.807, 2.05) is 20.8 Å². The molecule has 0 aromatic rings. The van der Waals surface area contributed by atoms with Crippen molar-refractivity contribution in [3.05, 3.63) is 0 Å². The van der Waals surface area contributed by atoms with Crippen LogP contribution in [-0.4, -0.2) is 11.6 Å². The molecule has 0 fully saturated rings. The van der Waals surface area contributed by atoms with Gasteiger partial charge in [-0.3, -0.25) is 4.79 Å². The first kappa shape index (κ1) is 19.5. The van der Waals surface area contributed by atoms with E-state index >= 15 is 0 Å². The van der Waals surface area contributed by atoms with Gasteiger partial charge in [0.1, 0.15) is 5.60 Å². The fourth-order valence-electron chi connectivity index (χ4n) is 2.41. The van der Waals surface area contributed by atoms with Crippen LogP contribution in [0, 0.1) is 11.3 Å². The molecular weight excluding hydrogens is 248 g/mol. The number of carbonyl (C=O) groups is 1. The first-order valence-corrected chi connectivity index (χ1v) is 8.31. The molecule has 0 aliphatic rings. The number of ether oxygens (including phenoxy) is 1. The van der Waals surface area contributed by atoms with Crippen LogP contribution in [0.15, 0.2) is 0 Å². The molecule has 0 aromatic heterocycles. The molecule has 0 aromatic carbocycles. The second kappa shape index (κ2) is 8.69. The van der Waals surface area contributed by atoms with Crippen molar-refractivity contribution < 1.29 is 9.53 Å². The van der Waals surface area contributed by atoms with Gasteiger partial charge in [0, 0.05) is 0 Å². The zero-order valence-electron chi connectivity index (χ0n) is 14.8. The van der Waals surface area contributed by atoms with Crippen molar-refractivity contribution in [2.45, 2.75) is 99.0 Å². The molecule has 2 heteroatoms. The lowest BCUT2D eigenvalue weighted by atomic mass is 9.77. The van der Waals surface area contributed by atoms with Gasteiger partial charge >= 0.3 is 5.97 Å². The molecule has 0 N–H and O–H groups in total. The number of hydrogen-bond donors (Lipinski definition) is 0. The Balaban J connectivity index is 4.27. The van der Waals surface area contributed by atoms with Crippen molar-refractivity contribution in [2.75, 3.05) is 0 Å². The van der Waals surface area contributed by atoms with Crippen molar-refractivity contribution in [1.82, 2.24) is 0 Å². The Bertz CT molecular complexity index is 268. The van der Waals surface area contributed by atoms with Gasteiger partial charge < -0.3 is 4.74 Å². The van der Waals surface area contributed by atoms with E-state index in [-0.39, 0.29) is 22.9 Å². The van der Waals surface area contributed by atoms with Gasteiger partial charge in [-0.15, -0.1) is 0 Å². The third-order valence-corrected chi connectivity index (χ3v) is 3.58. The van der Waals surface area contributed by atoms with E-state index in [4.69, 9.17) is 4.74 Å². The molecule has 0 amide bonds. The van der Waals surface area contributed by atoms with E-state index in [9.17, 15) is 4.79 Å². The lowest BCUT2D eigenvalue weighted by Crippen LogP contribution is -2.35. The van der Waals surface area contributed by atoms with Gasteiger partial charge in [0.15, 0.2) is 0 Å². The van der Waals surface area contributed by atoms with Crippen molar-refractivity contribution >= 4 is 5.97 Å². The average molecular weight is 284 g/mol. The van der Waals surface area contributed by atoms with E-state index in [1.165, 1.54) is 32.1 Å². The average Bonchev–Trinajstić information content (AvgIpc) is 2.23. The highest BCUT2D eigenvalue weighted by Crippen LogP contribution is 2.32. The molecule has 20 heavy (non-hydrogen) atoms. The lowest BCUT2D eigenvalue weighted by molar-refractivity contribution is -0.164. The van der Waals surface area contributed by atoms with E-state index in [2.05, 4.69) is 27.7 Å². The highest BCUT2D eigenvalue weighted by Gasteiger charge is 2.34. The Kier molecular flexibility index (Phi) is 8.46. The third kappa shape index (κ3) is 9.39. The largest absolute Gasteiger partial charge is 0.460 e. The highest BCUT2D eigenvalue weighted by molar-refractivity contribution is 5.73. The van der Waals surface area contributed by atoms with Gasteiger partial charge in [-0.05, 0) is 32.6 Å². The second-order valence-electron chi connectivity index (χ2n) is 8.01. The summed E-state index contributed by atoms with van der Waals surface area (Å²) < 4.78 is 5.58. The van der Waals surface area contributed by atoms with Crippen LogP contribution in [0.3, 0.4) is 0 Å². The van der Waals surface area contributed by atoms with Crippen LogP contribution in [-0.2, 0) is 9.53 Å². The Morgan fingerprint density at radius 1 is 0.900 bits per heavy atom. The summed E-state index contributed by atoms with van der Waals surface area (Å²) in [7, 11) is 0. The summed E-state index contributed by atoms with van der Waals surface area (Å²) in [5, 5.41) is 0. The Hall–Kier alpha value is -0.530. The first-order valence-electron chi connectivity index (χ1n) is 8.31. The maximum absolute atomic E-state index is 12.3. The van der Waals surface area contributed by atoms with E-state index in [0.717, 1.165) is 12.8 Å². The second-order valence-corrected chi connectivity index (χ2v) is 8.01. The van der Waals surface area contributed by atoms with Crippen molar-refractivity contribution in [1.29, 1.82) is 0 Å². The minimum Gasteiger partial charge on any atom is -0.460 e. The fourth-order valence-corrected chi connectivity index (χ4v) is 2.41. The van der Waals surface area contributed by atoms with Crippen LogP contribution in [0.25, 0.3) is 0 Å². The van der Waals surface area contributed by atoms with Gasteiger partial charge in [0.2, 0.25) is 0 Å². The van der Waals surface area contributed by atoms with E-state index < -0.39 is 0 Å². The highest BCUT2D eigenvalue weighted by atomic mass is 16.6. The van der Waals surface area contributed by atoms with Crippen LogP contribution in [0.1, 0.15) is 93.4 Å². The zero-order valence-corrected chi connectivity index (χ0v) is 14.8. The molecule has 2 nitrogen and oxygen atoms in total. The predicted octanol–water partition coefficient (Wildman–Crippen LogP) is 5.74. The number of rotatable bonds is 8. The minimum absolute atomic E-state index is 0.00731. The molecule has 0 aliphatic carbocycles. The molecule has 1 atom stereocenters. The Labute approximate surface area is 126 Å². The van der Waals surface area contributed by atoms with Crippen molar-refractivity contribution in [3.8, 4) is 0 Å². The molecule has 0 aliphatic heterocycles. The van der Waals surface area contributed by atoms with Gasteiger partial charge in [-0.2, -0.15) is 0 Å². The number of unbranched alkanes of at least 4 members (excludes halogenated alkanes) is 5. The summed E-state index contributed by atoms with van der Waals surface area (Å²) in [6.07, 6.45) is 8.53. The Morgan fingerprint density at radius 3 is 1.85 bits per heavy atom. The smallest absolute Gasteiger partial charge is 0.309 e. The maximum Gasteiger partial charge on any atom is 0.309 e. The van der Waals surface area contributed by atoms with E-state index in [1.54, 1.807) is 0 Å².